The molecule has 2 aliphatic heterocycles. The number of rotatable bonds is 6. The van der Waals surface area contributed by atoms with Gasteiger partial charge >= 0.3 is 0 Å². The Morgan fingerprint density at radius 3 is 2.58 bits per heavy atom. The molecule has 0 saturated carbocycles. The van der Waals surface area contributed by atoms with Gasteiger partial charge in [0, 0.05) is 23.9 Å². The predicted octanol–water partition coefficient (Wildman–Crippen LogP) is 0.985. The average Bonchev–Trinajstić information content (AvgIpc) is 3.22. The minimum atomic E-state index is -1.40. The molecular weight excluding hydrogens is 440 g/mol. The number of aliphatic hydroxyl groups is 1. The van der Waals surface area contributed by atoms with Crippen molar-refractivity contribution in [1.29, 1.82) is 0 Å². The molecule has 3 rings (SSSR count). The van der Waals surface area contributed by atoms with Gasteiger partial charge in [0.15, 0.2) is 6.10 Å². The first-order chi connectivity index (χ1) is 15.4. The van der Waals surface area contributed by atoms with Gasteiger partial charge in [-0.15, -0.1) is 11.8 Å². The lowest BCUT2D eigenvalue weighted by molar-refractivity contribution is -0.152. The van der Waals surface area contributed by atoms with E-state index in [9.17, 15) is 19.5 Å². The van der Waals surface area contributed by atoms with E-state index in [0.717, 1.165) is 5.56 Å². The third kappa shape index (κ3) is 6.28. The molecule has 2 fully saturated rings. The highest BCUT2D eigenvalue weighted by atomic mass is 32.2. The van der Waals surface area contributed by atoms with E-state index < -0.39 is 29.1 Å². The topological polar surface area (TPSA) is 102 Å². The number of thioether (sulfide) groups is 1. The lowest BCUT2D eigenvalue weighted by atomic mass is 9.93. The average molecular weight is 477 g/mol. The van der Waals surface area contributed by atoms with Crippen LogP contribution in [0.3, 0.4) is 0 Å². The molecule has 182 valence electrons. The first kappa shape index (κ1) is 25.5. The number of aliphatic hydroxyl groups excluding tert-OH is 1. The summed E-state index contributed by atoms with van der Waals surface area (Å²) in [6.45, 7) is 9.73. The van der Waals surface area contributed by atoms with E-state index in [4.69, 9.17) is 0 Å². The van der Waals surface area contributed by atoms with Gasteiger partial charge in [-0.25, -0.2) is 0 Å². The van der Waals surface area contributed by atoms with Crippen LogP contribution in [0.2, 0.25) is 0 Å². The Labute approximate surface area is 200 Å². The maximum Gasteiger partial charge on any atom is 0.254 e. The summed E-state index contributed by atoms with van der Waals surface area (Å²) in [6, 6.07) is 9.03. The summed E-state index contributed by atoms with van der Waals surface area (Å²) in [4.78, 5) is 42.1. The number of carbonyl (C=O) groups is 3. The largest absolute Gasteiger partial charge is 0.381 e. The van der Waals surface area contributed by atoms with Crippen LogP contribution in [-0.4, -0.2) is 86.6 Å². The highest BCUT2D eigenvalue weighted by Gasteiger charge is 2.43. The van der Waals surface area contributed by atoms with Gasteiger partial charge in [0.2, 0.25) is 11.8 Å². The second-order valence-electron chi connectivity index (χ2n) is 10.4. The molecule has 0 spiro atoms. The molecule has 2 heterocycles. The van der Waals surface area contributed by atoms with E-state index >= 15 is 0 Å². The number of carbonyl (C=O) groups excluding carboxylic acids is 3. The van der Waals surface area contributed by atoms with Crippen molar-refractivity contribution in [2.75, 3.05) is 24.7 Å². The smallest absolute Gasteiger partial charge is 0.254 e. The maximum atomic E-state index is 13.2. The third-order valence-electron chi connectivity index (χ3n) is 5.95. The summed E-state index contributed by atoms with van der Waals surface area (Å²) >= 11 is 1.48. The molecular formula is C24H36N4O4S. The molecule has 0 bridgehead atoms. The third-order valence-corrected chi connectivity index (χ3v) is 6.96. The number of amides is 3. The summed E-state index contributed by atoms with van der Waals surface area (Å²) < 4.78 is 0. The van der Waals surface area contributed by atoms with Crippen LogP contribution in [0.5, 0.6) is 0 Å². The zero-order valence-corrected chi connectivity index (χ0v) is 20.9. The second kappa shape index (κ2) is 10.0. The van der Waals surface area contributed by atoms with Crippen molar-refractivity contribution in [3.05, 3.63) is 35.9 Å². The molecule has 0 radical (unpaired) electrons. The van der Waals surface area contributed by atoms with Crippen LogP contribution in [0, 0.1) is 0 Å². The first-order valence-electron chi connectivity index (χ1n) is 11.4. The molecule has 2 saturated heterocycles. The van der Waals surface area contributed by atoms with Crippen LogP contribution in [0.15, 0.2) is 30.3 Å². The Hall–Kier alpha value is -2.10. The number of hydrogen-bond acceptors (Lipinski definition) is 6. The van der Waals surface area contributed by atoms with Crippen LogP contribution in [0.4, 0.5) is 0 Å². The van der Waals surface area contributed by atoms with Crippen molar-refractivity contribution in [2.24, 2.45) is 0 Å². The zero-order valence-electron chi connectivity index (χ0n) is 20.1. The molecule has 3 amide bonds. The van der Waals surface area contributed by atoms with Gasteiger partial charge in [0.25, 0.3) is 5.91 Å². The Bertz CT molecular complexity index is 871. The molecule has 2 unspecified atom stereocenters. The standard InChI is InChI=1S/C24H36N4O4S/c1-23(2,3)26-20(30)18-14-33-15-28(18)21(31)19(29)13-27-17(11-16-9-7-6-8-10-16)12-25-24(4,5)22(27)32/h6-10,17-19,25,29H,11-15H2,1-5H3,(H,26,30)/t17-,18?,19?/m0/s1. The van der Waals surface area contributed by atoms with E-state index in [2.05, 4.69) is 10.6 Å². The SMILES string of the molecule is CC(C)(C)NC(=O)C1CSCN1C(=O)C(O)CN1C(=O)C(C)(C)NC[C@@H]1Cc1ccccc1. The van der Waals surface area contributed by atoms with E-state index in [-0.39, 0.29) is 24.4 Å². The fourth-order valence-electron chi connectivity index (χ4n) is 4.17. The van der Waals surface area contributed by atoms with Crippen LogP contribution >= 0.6 is 11.8 Å². The van der Waals surface area contributed by atoms with E-state index in [1.165, 1.54) is 16.7 Å². The molecule has 0 aromatic heterocycles. The molecule has 33 heavy (non-hydrogen) atoms. The van der Waals surface area contributed by atoms with Gasteiger partial charge in [-0.3, -0.25) is 14.4 Å². The monoisotopic (exact) mass is 476 g/mol. The molecule has 2 aliphatic rings. The molecule has 3 atom stereocenters. The summed E-state index contributed by atoms with van der Waals surface area (Å²) in [5.74, 6) is -0.0752. The molecule has 8 nitrogen and oxygen atoms in total. The fourth-order valence-corrected chi connectivity index (χ4v) is 5.33. The Morgan fingerprint density at radius 2 is 1.94 bits per heavy atom. The van der Waals surface area contributed by atoms with Gasteiger partial charge in [-0.05, 0) is 46.6 Å². The van der Waals surface area contributed by atoms with Crippen molar-refractivity contribution in [3.8, 4) is 0 Å². The summed E-state index contributed by atoms with van der Waals surface area (Å²) in [5, 5.41) is 17.1. The summed E-state index contributed by atoms with van der Waals surface area (Å²) in [5.41, 5.74) is -0.118. The second-order valence-corrected chi connectivity index (χ2v) is 11.4. The maximum absolute atomic E-state index is 13.2. The Balaban J connectivity index is 1.73. The summed E-state index contributed by atoms with van der Waals surface area (Å²) in [6.07, 6.45) is -0.781. The first-order valence-corrected chi connectivity index (χ1v) is 12.5. The van der Waals surface area contributed by atoms with Crippen LogP contribution in [-0.2, 0) is 20.8 Å². The van der Waals surface area contributed by atoms with Crippen LogP contribution in [0.1, 0.15) is 40.2 Å². The molecule has 1 aromatic carbocycles. The van der Waals surface area contributed by atoms with Gasteiger partial charge in [-0.2, -0.15) is 0 Å². The quantitative estimate of drug-likeness (QED) is 0.566. The molecule has 9 heteroatoms. The van der Waals surface area contributed by atoms with Crippen molar-refractivity contribution in [3.63, 3.8) is 0 Å². The van der Waals surface area contributed by atoms with Crippen LogP contribution < -0.4 is 10.6 Å². The minimum Gasteiger partial charge on any atom is -0.381 e. The Kier molecular flexibility index (Phi) is 7.76. The van der Waals surface area contributed by atoms with E-state index in [1.54, 1.807) is 18.7 Å². The highest BCUT2D eigenvalue weighted by molar-refractivity contribution is 7.99. The lowest BCUT2D eigenvalue weighted by Gasteiger charge is -2.44. The van der Waals surface area contributed by atoms with Gasteiger partial charge in [-0.1, -0.05) is 30.3 Å². The van der Waals surface area contributed by atoms with Crippen molar-refractivity contribution in [2.45, 2.75) is 70.3 Å². The van der Waals surface area contributed by atoms with Gasteiger partial charge in [0.05, 0.1) is 18.0 Å². The van der Waals surface area contributed by atoms with Gasteiger partial charge in [0.1, 0.15) is 6.04 Å². The normalized spacial score (nSPS) is 24.0. The van der Waals surface area contributed by atoms with Gasteiger partial charge < -0.3 is 25.5 Å². The Morgan fingerprint density at radius 1 is 1.27 bits per heavy atom. The number of nitrogens with zero attached hydrogens (tertiary/aromatic N) is 2. The zero-order chi connectivity index (χ0) is 24.4. The number of nitrogens with one attached hydrogen (secondary N) is 2. The lowest BCUT2D eigenvalue weighted by Crippen LogP contribution is -2.67. The van der Waals surface area contributed by atoms with E-state index in [1.807, 2.05) is 51.1 Å². The summed E-state index contributed by atoms with van der Waals surface area (Å²) in [7, 11) is 0. The van der Waals surface area contributed by atoms with E-state index in [0.29, 0.717) is 24.6 Å². The van der Waals surface area contributed by atoms with Crippen molar-refractivity contribution < 1.29 is 19.5 Å². The molecule has 3 N–H and O–H groups in total. The number of piperazine rings is 1. The molecule has 1 aromatic rings. The number of hydrogen-bond donors (Lipinski definition) is 3. The van der Waals surface area contributed by atoms with Crippen LogP contribution in [0.25, 0.3) is 0 Å². The highest BCUT2D eigenvalue weighted by Crippen LogP contribution is 2.24. The van der Waals surface area contributed by atoms with Crippen molar-refractivity contribution >= 4 is 29.5 Å². The number of β-amino-alcohol motifs (C(OH)–C–C–N with tert-alkyl or cyclic N) is 1. The predicted molar refractivity (Wildman–Crippen MR) is 130 cm³/mol. The van der Waals surface area contributed by atoms with Crippen molar-refractivity contribution in [1.82, 2.24) is 20.4 Å². The fraction of sp³-hybridized carbons (Fsp3) is 0.625. The number of benzene rings is 1. The minimum absolute atomic E-state index is 0.102. The molecule has 0 aliphatic carbocycles.